The lowest BCUT2D eigenvalue weighted by atomic mass is 10.1. The second kappa shape index (κ2) is 9.88. The number of carbonyl (C=O) groups excluding carboxylic acids is 3. The number of benzene rings is 2. The molecule has 136 valence electrons. The summed E-state index contributed by atoms with van der Waals surface area (Å²) < 4.78 is 0. The van der Waals surface area contributed by atoms with Gasteiger partial charge < -0.3 is 10.4 Å². The van der Waals surface area contributed by atoms with Gasteiger partial charge in [0.1, 0.15) is 0 Å². The highest BCUT2D eigenvalue weighted by Gasteiger charge is 2.06. The Bertz CT molecular complexity index is 797. The Kier molecular flexibility index (Phi) is 7.89. The molecule has 0 fully saturated rings. The topological polar surface area (TPSA) is 101 Å². The quantitative estimate of drug-likeness (QED) is 0.802. The molecule has 0 aromatic heterocycles. The van der Waals surface area contributed by atoms with Crippen molar-refractivity contribution >= 4 is 23.4 Å². The van der Waals surface area contributed by atoms with Crippen molar-refractivity contribution in [3.8, 4) is 0 Å². The van der Waals surface area contributed by atoms with Gasteiger partial charge >= 0.3 is 5.97 Å². The molecule has 2 aromatic carbocycles. The van der Waals surface area contributed by atoms with E-state index in [2.05, 4.69) is 5.32 Å². The van der Waals surface area contributed by atoms with E-state index in [4.69, 9.17) is 5.11 Å². The average molecular weight is 355 g/mol. The molecule has 2 aromatic rings. The van der Waals surface area contributed by atoms with E-state index in [-0.39, 0.29) is 23.0 Å². The first-order valence-electron chi connectivity index (χ1n) is 7.99. The molecule has 0 aliphatic rings. The summed E-state index contributed by atoms with van der Waals surface area (Å²) in [6.45, 7) is 5.33. The standard InChI is InChI=1S/C11H13NO2.C9H8O3/c1-3-12-11(14)10-6-4-5-9(7-10)8(2)13;1-6(10)7-3-2-4-8(5-7)9(11)12/h4-7H,3H2,1-2H3,(H,12,14);2-5H,1H3,(H,11,12). The Morgan fingerprint density at radius 2 is 1.23 bits per heavy atom. The average Bonchev–Trinajstić information content (AvgIpc) is 2.62. The predicted molar refractivity (Wildman–Crippen MR) is 97.9 cm³/mol. The number of Topliss-reactive ketones (excluding diaryl/α,β-unsaturated/α-hetero) is 2. The molecule has 0 heterocycles. The van der Waals surface area contributed by atoms with Crippen LogP contribution >= 0.6 is 0 Å². The molecule has 0 atom stereocenters. The van der Waals surface area contributed by atoms with Gasteiger partial charge in [-0.1, -0.05) is 24.3 Å². The fourth-order valence-electron chi connectivity index (χ4n) is 2.01. The van der Waals surface area contributed by atoms with Gasteiger partial charge in [0.25, 0.3) is 5.91 Å². The third-order valence-electron chi connectivity index (χ3n) is 3.38. The predicted octanol–water partition coefficient (Wildman–Crippen LogP) is 3.23. The molecule has 0 spiro atoms. The summed E-state index contributed by atoms with van der Waals surface area (Å²) in [6, 6.07) is 12.7. The van der Waals surface area contributed by atoms with Crippen molar-refractivity contribution in [1.29, 1.82) is 0 Å². The summed E-state index contributed by atoms with van der Waals surface area (Å²) in [5.74, 6) is -1.32. The highest BCUT2D eigenvalue weighted by molar-refractivity contribution is 5.99. The third kappa shape index (κ3) is 6.32. The smallest absolute Gasteiger partial charge is 0.335 e. The number of carbonyl (C=O) groups is 4. The molecule has 2 N–H and O–H groups in total. The summed E-state index contributed by atoms with van der Waals surface area (Å²) in [5, 5.41) is 11.3. The van der Waals surface area contributed by atoms with Crippen LogP contribution in [0.15, 0.2) is 48.5 Å². The number of hydrogen-bond donors (Lipinski definition) is 2. The van der Waals surface area contributed by atoms with E-state index >= 15 is 0 Å². The third-order valence-corrected chi connectivity index (χ3v) is 3.38. The lowest BCUT2D eigenvalue weighted by Crippen LogP contribution is -2.22. The minimum absolute atomic E-state index is 0.0313. The van der Waals surface area contributed by atoms with Gasteiger partial charge in [-0.15, -0.1) is 0 Å². The number of carboxylic acid groups (broad SMARTS) is 1. The van der Waals surface area contributed by atoms with E-state index in [0.717, 1.165) is 0 Å². The maximum Gasteiger partial charge on any atom is 0.335 e. The van der Waals surface area contributed by atoms with Crippen LogP contribution in [0.4, 0.5) is 0 Å². The van der Waals surface area contributed by atoms with Crippen LogP contribution in [0.25, 0.3) is 0 Å². The minimum Gasteiger partial charge on any atom is -0.478 e. The highest BCUT2D eigenvalue weighted by Crippen LogP contribution is 2.06. The maximum atomic E-state index is 11.4. The molecule has 6 heteroatoms. The van der Waals surface area contributed by atoms with Crippen LogP contribution in [0, 0.1) is 0 Å². The first-order valence-corrected chi connectivity index (χ1v) is 7.99. The van der Waals surface area contributed by atoms with Crippen LogP contribution < -0.4 is 5.32 Å². The molecule has 26 heavy (non-hydrogen) atoms. The van der Waals surface area contributed by atoms with Gasteiger partial charge in [0.05, 0.1) is 5.56 Å². The van der Waals surface area contributed by atoms with E-state index < -0.39 is 5.97 Å². The van der Waals surface area contributed by atoms with Crippen LogP contribution in [-0.4, -0.2) is 35.1 Å². The summed E-state index contributed by atoms with van der Waals surface area (Å²) in [5.41, 5.74) is 1.66. The second-order valence-electron chi connectivity index (χ2n) is 5.44. The zero-order valence-electron chi connectivity index (χ0n) is 14.9. The molecule has 0 saturated heterocycles. The van der Waals surface area contributed by atoms with Gasteiger partial charge in [0.15, 0.2) is 11.6 Å². The van der Waals surface area contributed by atoms with Crippen molar-refractivity contribution in [1.82, 2.24) is 5.32 Å². The SMILES string of the molecule is CC(=O)c1cccc(C(=O)O)c1.CCNC(=O)c1cccc(C(C)=O)c1. The Morgan fingerprint density at radius 3 is 1.65 bits per heavy atom. The van der Waals surface area contributed by atoms with E-state index in [1.54, 1.807) is 36.4 Å². The molecule has 2 rings (SSSR count). The number of amides is 1. The fourth-order valence-corrected chi connectivity index (χ4v) is 2.01. The monoisotopic (exact) mass is 355 g/mol. The Labute approximate surface area is 151 Å². The number of rotatable bonds is 5. The highest BCUT2D eigenvalue weighted by atomic mass is 16.4. The Balaban J connectivity index is 0.000000263. The summed E-state index contributed by atoms with van der Waals surface area (Å²) in [7, 11) is 0. The molecular formula is C20H21NO5. The lowest BCUT2D eigenvalue weighted by molar-refractivity contribution is 0.0696. The van der Waals surface area contributed by atoms with Crippen molar-refractivity contribution in [3.05, 3.63) is 70.8 Å². The second-order valence-corrected chi connectivity index (χ2v) is 5.44. The van der Waals surface area contributed by atoms with E-state index in [9.17, 15) is 19.2 Å². The number of hydrogen-bond acceptors (Lipinski definition) is 4. The number of ketones is 2. The molecule has 0 unspecified atom stereocenters. The Hall–Kier alpha value is -3.28. The zero-order chi connectivity index (χ0) is 19.7. The summed E-state index contributed by atoms with van der Waals surface area (Å²) >= 11 is 0. The normalized spacial score (nSPS) is 9.50. The van der Waals surface area contributed by atoms with Crippen LogP contribution in [0.2, 0.25) is 0 Å². The van der Waals surface area contributed by atoms with E-state index in [0.29, 0.717) is 23.2 Å². The molecular weight excluding hydrogens is 334 g/mol. The van der Waals surface area contributed by atoms with Crippen molar-refractivity contribution in [3.63, 3.8) is 0 Å². The van der Waals surface area contributed by atoms with Crippen LogP contribution in [0.3, 0.4) is 0 Å². The minimum atomic E-state index is -1.02. The number of nitrogens with one attached hydrogen (secondary N) is 1. The fraction of sp³-hybridized carbons (Fsp3) is 0.200. The van der Waals surface area contributed by atoms with Crippen LogP contribution in [0.5, 0.6) is 0 Å². The molecule has 0 aliphatic carbocycles. The maximum absolute atomic E-state index is 11.4. The Morgan fingerprint density at radius 1 is 0.808 bits per heavy atom. The van der Waals surface area contributed by atoms with Gasteiger partial charge in [-0.3, -0.25) is 14.4 Å². The van der Waals surface area contributed by atoms with Gasteiger partial charge in [-0.2, -0.15) is 0 Å². The number of carboxylic acids is 1. The zero-order valence-corrected chi connectivity index (χ0v) is 14.9. The van der Waals surface area contributed by atoms with Gasteiger partial charge in [-0.25, -0.2) is 4.79 Å². The molecule has 1 amide bonds. The molecule has 0 radical (unpaired) electrons. The van der Waals surface area contributed by atoms with E-state index in [1.165, 1.54) is 26.0 Å². The van der Waals surface area contributed by atoms with Crippen LogP contribution in [-0.2, 0) is 0 Å². The van der Waals surface area contributed by atoms with Gasteiger partial charge in [0, 0.05) is 23.2 Å². The van der Waals surface area contributed by atoms with Gasteiger partial charge in [-0.05, 0) is 45.0 Å². The largest absolute Gasteiger partial charge is 0.478 e. The summed E-state index contributed by atoms with van der Waals surface area (Å²) in [4.78, 5) is 43.7. The molecule has 0 bridgehead atoms. The van der Waals surface area contributed by atoms with Crippen LogP contribution in [0.1, 0.15) is 62.2 Å². The molecule has 6 nitrogen and oxygen atoms in total. The van der Waals surface area contributed by atoms with Gasteiger partial charge in [0.2, 0.25) is 0 Å². The van der Waals surface area contributed by atoms with Crippen molar-refractivity contribution < 1.29 is 24.3 Å². The molecule has 0 aliphatic heterocycles. The molecule has 0 saturated carbocycles. The first-order chi connectivity index (χ1) is 12.3. The van der Waals surface area contributed by atoms with Crippen molar-refractivity contribution in [2.45, 2.75) is 20.8 Å². The first kappa shape index (κ1) is 20.8. The number of aromatic carboxylic acids is 1. The van der Waals surface area contributed by atoms with Crippen molar-refractivity contribution in [2.24, 2.45) is 0 Å². The summed E-state index contributed by atoms with van der Waals surface area (Å²) in [6.07, 6.45) is 0. The lowest BCUT2D eigenvalue weighted by Gasteiger charge is -2.02. The van der Waals surface area contributed by atoms with E-state index in [1.807, 2.05) is 6.92 Å². The van der Waals surface area contributed by atoms with Crippen molar-refractivity contribution in [2.75, 3.05) is 6.54 Å².